The third-order valence-electron chi connectivity index (χ3n) is 3.32. The van der Waals surface area contributed by atoms with Crippen molar-refractivity contribution >= 4 is 23.5 Å². The van der Waals surface area contributed by atoms with Crippen LogP contribution >= 0.6 is 11.8 Å². The molecule has 0 saturated heterocycles. The second kappa shape index (κ2) is 10.6. The average molecular weight is 346 g/mol. The molecule has 1 atom stereocenters. The zero-order chi connectivity index (χ0) is 17.9. The first-order valence-corrected chi connectivity index (χ1v) is 8.51. The van der Waals surface area contributed by atoms with Gasteiger partial charge in [0.25, 0.3) is 0 Å². The SMILES string of the molecule is C=C/C=C(\C=C)C(=O)CC(SCCO)c1ccc(C(=O)OC)cc1. The summed E-state index contributed by atoms with van der Waals surface area (Å²) in [7, 11) is 1.33. The zero-order valence-corrected chi connectivity index (χ0v) is 14.6. The summed E-state index contributed by atoms with van der Waals surface area (Å²) < 4.78 is 4.68. The number of allylic oxidation sites excluding steroid dienone is 4. The zero-order valence-electron chi connectivity index (χ0n) is 13.7. The maximum absolute atomic E-state index is 12.4. The van der Waals surface area contributed by atoms with Gasteiger partial charge in [0.2, 0.25) is 0 Å². The Kier molecular flexibility index (Phi) is 8.83. The first kappa shape index (κ1) is 19.9. The van der Waals surface area contributed by atoms with Crippen molar-refractivity contribution in [3.63, 3.8) is 0 Å². The third-order valence-corrected chi connectivity index (χ3v) is 4.58. The van der Waals surface area contributed by atoms with Gasteiger partial charge in [0.15, 0.2) is 5.78 Å². The molecule has 0 bridgehead atoms. The van der Waals surface area contributed by atoms with E-state index in [1.54, 1.807) is 36.4 Å². The van der Waals surface area contributed by atoms with Crippen LogP contribution < -0.4 is 0 Å². The number of methoxy groups -OCH3 is 1. The van der Waals surface area contributed by atoms with Gasteiger partial charge < -0.3 is 9.84 Å². The van der Waals surface area contributed by atoms with E-state index in [9.17, 15) is 9.59 Å². The fourth-order valence-corrected chi connectivity index (χ4v) is 3.12. The van der Waals surface area contributed by atoms with Crippen molar-refractivity contribution in [3.05, 3.63) is 72.4 Å². The number of aliphatic hydroxyl groups excluding tert-OH is 1. The summed E-state index contributed by atoms with van der Waals surface area (Å²) in [5.74, 6) is 0.0723. The Hall–Kier alpha value is -2.11. The Balaban J connectivity index is 2.98. The fourth-order valence-electron chi connectivity index (χ4n) is 2.11. The molecule has 0 fully saturated rings. The van der Waals surface area contributed by atoms with E-state index in [2.05, 4.69) is 17.9 Å². The molecule has 0 radical (unpaired) electrons. The van der Waals surface area contributed by atoms with Crippen molar-refractivity contribution in [3.8, 4) is 0 Å². The van der Waals surface area contributed by atoms with Gasteiger partial charge in [-0.15, -0.1) is 0 Å². The van der Waals surface area contributed by atoms with E-state index in [-0.39, 0.29) is 24.1 Å². The van der Waals surface area contributed by atoms with Crippen molar-refractivity contribution in [1.82, 2.24) is 0 Å². The first-order valence-electron chi connectivity index (χ1n) is 7.46. The van der Waals surface area contributed by atoms with Gasteiger partial charge in [0.1, 0.15) is 0 Å². The van der Waals surface area contributed by atoms with Crippen LogP contribution in [-0.2, 0) is 9.53 Å². The molecule has 1 aromatic carbocycles. The molecule has 0 amide bonds. The van der Waals surface area contributed by atoms with E-state index in [0.29, 0.717) is 16.9 Å². The number of ketones is 1. The van der Waals surface area contributed by atoms with E-state index in [0.717, 1.165) is 5.56 Å². The highest BCUT2D eigenvalue weighted by atomic mass is 32.2. The van der Waals surface area contributed by atoms with Gasteiger partial charge in [-0.3, -0.25) is 4.79 Å². The monoisotopic (exact) mass is 346 g/mol. The molecule has 5 heteroatoms. The number of aliphatic hydroxyl groups is 1. The molecule has 24 heavy (non-hydrogen) atoms. The number of thioether (sulfide) groups is 1. The van der Waals surface area contributed by atoms with Gasteiger partial charge in [-0.2, -0.15) is 11.8 Å². The molecule has 1 aromatic rings. The van der Waals surface area contributed by atoms with Gasteiger partial charge >= 0.3 is 5.97 Å². The lowest BCUT2D eigenvalue weighted by atomic mass is 10.0. The number of hydrogen-bond donors (Lipinski definition) is 1. The molecule has 128 valence electrons. The highest BCUT2D eigenvalue weighted by molar-refractivity contribution is 7.99. The normalized spacial score (nSPS) is 12.3. The Morgan fingerprint density at radius 1 is 1.29 bits per heavy atom. The molecule has 0 spiro atoms. The highest BCUT2D eigenvalue weighted by Gasteiger charge is 2.18. The van der Waals surface area contributed by atoms with Crippen LogP contribution in [0.25, 0.3) is 0 Å². The van der Waals surface area contributed by atoms with Crippen molar-refractivity contribution in [2.24, 2.45) is 0 Å². The second-order valence-corrected chi connectivity index (χ2v) is 6.20. The highest BCUT2D eigenvalue weighted by Crippen LogP contribution is 2.33. The summed E-state index contributed by atoms with van der Waals surface area (Å²) in [5.41, 5.74) is 1.87. The number of carbonyl (C=O) groups excluding carboxylic acids is 2. The standard InChI is InChI=1S/C19H22O4S/c1-4-6-14(5-2)17(21)13-18(24-12-11-20)15-7-9-16(10-8-15)19(22)23-3/h4-10,18,20H,1-2,11-13H2,3H3/b14-6+. The molecule has 0 saturated carbocycles. The van der Waals surface area contributed by atoms with Gasteiger partial charge in [-0.05, 0) is 17.7 Å². The van der Waals surface area contributed by atoms with E-state index in [1.165, 1.54) is 24.9 Å². The number of carbonyl (C=O) groups is 2. The number of Topliss-reactive ketones (excluding diaryl/α,β-unsaturated/α-hetero) is 1. The van der Waals surface area contributed by atoms with Gasteiger partial charge in [0, 0.05) is 23.0 Å². The van der Waals surface area contributed by atoms with E-state index in [4.69, 9.17) is 5.11 Å². The number of ether oxygens (including phenoxy) is 1. The minimum Gasteiger partial charge on any atom is -0.465 e. The Labute approximate surface area is 146 Å². The van der Waals surface area contributed by atoms with E-state index in [1.807, 2.05) is 0 Å². The van der Waals surface area contributed by atoms with E-state index < -0.39 is 5.97 Å². The number of esters is 1. The minimum atomic E-state index is -0.403. The molecule has 0 aliphatic heterocycles. The summed E-state index contributed by atoms with van der Waals surface area (Å²) >= 11 is 1.49. The second-order valence-electron chi connectivity index (χ2n) is 4.89. The lowest BCUT2D eigenvalue weighted by Crippen LogP contribution is -2.08. The molecule has 1 rings (SSSR count). The topological polar surface area (TPSA) is 63.6 Å². The van der Waals surface area contributed by atoms with Crippen LogP contribution in [0.1, 0.15) is 27.6 Å². The molecule has 0 heterocycles. The molecule has 0 aromatic heterocycles. The van der Waals surface area contributed by atoms with Crippen molar-refractivity contribution in [2.45, 2.75) is 11.7 Å². The molecule has 0 aliphatic rings. The quantitative estimate of drug-likeness (QED) is 0.399. The maximum atomic E-state index is 12.4. The number of hydrogen-bond acceptors (Lipinski definition) is 5. The van der Waals surface area contributed by atoms with Crippen LogP contribution in [-0.4, -0.2) is 36.3 Å². The average Bonchev–Trinajstić information content (AvgIpc) is 2.62. The predicted octanol–water partition coefficient (Wildman–Crippen LogP) is 3.50. The smallest absolute Gasteiger partial charge is 0.337 e. The Morgan fingerprint density at radius 2 is 1.96 bits per heavy atom. The van der Waals surface area contributed by atoms with Crippen molar-refractivity contribution in [2.75, 3.05) is 19.5 Å². The molecule has 0 aliphatic carbocycles. The van der Waals surface area contributed by atoms with E-state index >= 15 is 0 Å². The summed E-state index contributed by atoms with van der Waals surface area (Å²) in [6, 6.07) is 6.96. The summed E-state index contributed by atoms with van der Waals surface area (Å²) in [4.78, 5) is 23.9. The number of benzene rings is 1. The molecule has 1 N–H and O–H groups in total. The summed E-state index contributed by atoms with van der Waals surface area (Å²) in [5, 5.41) is 8.96. The van der Waals surface area contributed by atoms with Gasteiger partial charge in [0.05, 0.1) is 19.3 Å². The van der Waals surface area contributed by atoms with Crippen molar-refractivity contribution in [1.29, 1.82) is 0 Å². The van der Waals surface area contributed by atoms with Crippen LogP contribution in [0.15, 0.2) is 61.2 Å². The van der Waals surface area contributed by atoms with Crippen LogP contribution in [0, 0.1) is 0 Å². The van der Waals surface area contributed by atoms with Crippen LogP contribution in [0.2, 0.25) is 0 Å². The van der Waals surface area contributed by atoms with Crippen LogP contribution in [0.3, 0.4) is 0 Å². The largest absolute Gasteiger partial charge is 0.465 e. The van der Waals surface area contributed by atoms with Crippen molar-refractivity contribution < 1.29 is 19.4 Å². The first-order chi connectivity index (χ1) is 11.6. The lowest BCUT2D eigenvalue weighted by molar-refractivity contribution is -0.115. The Morgan fingerprint density at radius 3 is 2.46 bits per heavy atom. The Bertz CT molecular complexity index is 617. The molecule has 1 unspecified atom stereocenters. The minimum absolute atomic E-state index is 0.0341. The summed E-state index contributed by atoms with van der Waals surface area (Å²) in [6.07, 6.45) is 4.96. The van der Waals surface area contributed by atoms with Gasteiger partial charge in [-0.1, -0.05) is 43.5 Å². The molecule has 4 nitrogen and oxygen atoms in total. The van der Waals surface area contributed by atoms with Crippen LogP contribution in [0.4, 0.5) is 0 Å². The number of rotatable bonds is 10. The predicted molar refractivity (Wildman–Crippen MR) is 98.2 cm³/mol. The molecular formula is C19H22O4S. The fraction of sp³-hybridized carbons (Fsp3) is 0.263. The summed E-state index contributed by atoms with van der Waals surface area (Å²) in [6.45, 7) is 7.28. The van der Waals surface area contributed by atoms with Gasteiger partial charge in [-0.25, -0.2) is 4.79 Å². The molecular weight excluding hydrogens is 324 g/mol. The third kappa shape index (κ3) is 5.83. The van der Waals surface area contributed by atoms with Crippen LogP contribution in [0.5, 0.6) is 0 Å². The maximum Gasteiger partial charge on any atom is 0.337 e. The lowest BCUT2D eigenvalue weighted by Gasteiger charge is -2.16.